The first-order valence-electron chi connectivity index (χ1n) is 6.48. The van der Waals surface area contributed by atoms with Gasteiger partial charge in [-0.3, -0.25) is 9.59 Å². The summed E-state index contributed by atoms with van der Waals surface area (Å²) in [6.07, 6.45) is 2.80. The fourth-order valence-electron chi connectivity index (χ4n) is 2.52. The van der Waals surface area contributed by atoms with Crippen molar-refractivity contribution < 1.29 is 19.1 Å². The van der Waals surface area contributed by atoms with E-state index in [-0.39, 0.29) is 10.6 Å². The Morgan fingerprint density at radius 1 is 1.30 bits per heavy atom. The van der Waals surface area contributed by atoms with Gasteiger partial charge in [-0.25, -0.2) is 4.39 Å². The Bertz CT molecular complexity index is 535. The molecule has 108 valence electrons. The van der Waals surface area contributed by atoms with E-state index in [1.807, 2.05) is 0 Å². The van der Waals surface area contributed by atoms with E-state index >= 15 is 0 Å². The molecule has 1 saturated carbocycles. The molecule has 20 heavy (non-hydrogen) atoms. The molecule has 0 radical (unpaired) electrons. The number of benzene rings is 1. The molecule has 1 fully saturated rings. The number of carboxylic acid groups (broad SMARTS) is 1. The van der Waals surface area contributed by atoms with Crippen LogP contribution in [0.1, 0.15) is 36.0 Å². The van der Waals surface area contributed by atoms with E-state index in [0.29, 0.717) is 12.8 Å². The van der Waals surface area contributed by atoms with E-state index in [4.69, 9.17) is 16.7 Å². The molecule has 1 aliphatic rings. The molecule has 0 saturated heterocycles. The molecule has 0 spiro atoms. The summed E-state index contributed by atoms with van der Waals surface area (Å²) >= 11 is 5.63. The van der Waals surface area contributed by atoms with E-state index < -0.39 is 29.7 Å². The highest BCUT2D eigenvalue weighted by molar-refractivity contribution is 6.31. The van der Waals surface area contributed by atoms with Gasteiger partial charge in [0.1, 0.15) is 0 Å². The molecule has 0 aliphatic heterocycles. The highest BCUT2D eigenvalue weighted by atomic mass is 35.5. The van der Waals surface area contributed by atoms with Crippen LogP contribution in [0.3, 0.4) is 0 Å². The van der Waals surface area contributed by atoms with Crippen LogP contribution in [0.15, 0.2) is 18.2 Å². The first kappa shape index (κ1) is 14.8. The molecule has 0 bridgehead atoms. The van der Waals surface area contributed by atoms with Gasteiger partial charge in [0.2, 0.25) is 0 Å². The molecule has 2 atom stereocenters. The minimum absolute atomic E-state index is 0.129. The van der Waals surface area contributed by atoms with Gasteiger partial charge >= 0.3 is 5.97 Å². The second kappa shape index (κ2) is 6.22. The predicted octanol–water partition coefficient (Wildman–Crippen LogP) is 2.85. The Balaban J connectivity index is 2.14. The molecule has 1 aromatic carbocycles. The number of hydrogen-bond acceptors (Lipinski definition) is 2. The Kier molecular flexibility index (Phi) is 4.60. The lowest BCUT2D eigenvalue weighted by Gasteiger charge is -2.29. The Morgan fingerprint density at radius 3 is 2.70 bits per heavy atom. The Hall–Kier alpha value is -1.62. The lowest BCUT2D eigenvalue weighted by atomic mass is 9.84. The van der Waals surface area contributed by atoms with Gasteiger partial charge in [-0.05, 0) is 25.0 Å². The van der Waals surface area contributed by atoms with E-state index in [9.17, 15) is 14.0 Å². The lowest BCUT2D eigenvalue weighted by molar-refractivity contribution is -0.143. The van der Waals surface area contributed by atoms with Crippen LogP contribution in [-0.4, -0.2) is 23.0 Å². The predicted molar refractivity (Wildman–Crippen MR) is 72.3 cm³/mol. The number of halogens is 2. The second-order valence-corrected chi connectivity index (χ2v) is 5.32. The van der Waals surface area contributed by atoms with Crippen molar-refractivity contribution in [3.8, 4) is 0 Å². The minimum atomic E-state index is -0.929. The lowest BCUT2D eigenvalue weighted by Crippen LogP contribution is -2.45. The zero-order valence-corrected chi connectivity index (χ0v) is 11.5. The van der Waals surface area contributed by atoms with Crippen LogP contribution in [0.2, 0.25) is 5.02 Å². The first-order chi connectivity index (χ1) is 9.50. The van der Waals surface area contributed by atoms with Crippen LogP contribution in [-0.2, 0) is 4.79 Å². The van der Waals surface area contributed by atoms with Gasteiger partial charge in [0.05, 0.1) is 16.5 Å². The number of nitrogens with one attached hydrogen (secondary N) is 1. The first-order valence-corrected chi connectivity index (χ1v) is 6.86. The van der Waals surface area contributed by atoms with Crippen molar-refractivity contribution in [1.29, 1.82) is 0 Å². The third kappa shape index (κ3) is 3.10. The molecule has 4 nitrogen and oxygen atoms in total. The summed E-state index contributed by atoms with van der Waals surface area (Å²) in [4.78, 5) is 23.2. The van der Waals surface area contributed by atoms with Crippen LogP contribution < -0.4 is 5.32 Å². The van der Waals surface area contributed by atoms with Crippen LogP contribution >= 0.6 is 11.6 Å². The molecule has 6 heteroatoms. The quantitative estimate of drug-likeness (QED) is 0.902. The fourth-order valence-corrected chi connectivity index (χ4v) is 2.70. The average Bonchev–Trinajstić information content (AvgIpc) is 2.42. The standard InChI is InChI=1S/C14H15ClFNO3/c15-10-6-3-5-9(12(10)16)13(18)17-11-7-2-1-4-8(11)14(19)20/h3,5-6,8,11H,1-2,4,7H2,(H,17,18)(H,19,20). The topological polar surface area (TPSA) is 66.4 Å². The van der Waals surface area contributed by atoms with Crippen molar-refractivity contribution in [3.05, 3.63) is 34.6 Å². The number of rotatable bonds is 3. The highest BCUT2D eigenvalue weighted by Gasteiger charge is 2.32. The molecule has 0 aromatic heterocycles. The van der Waals surface area contributed by atoms with Crippen LogP contribution in [0.5, 0.6) is 0 Å². The summed E-state index contributed by atoms with van der Waals surface area (Å²) in [6, 6.07) is 3.70. The van der Waals surface area contributed by atoms with Crippen LogP contribution in [0, 0.1) is 11.7 Å². The third-order valence-electron chi connectivity index (χ3n) is 3.60. The van der Waals surface area contributed by atoms with Gasteiger partial charge in [0, 0.05) is 6.04 Å². The van der Waals surface area contributed by atoms with Gasteiger partial charge in [-0.2, -0.15) is 0 Å². The normalized spacial score (nSPS) is 22.3. The molecule has 2 rings (SSSR count). The van der Waals surface area contributed by atoms with Crippen molar-refractivity contribution in [2.75, 3.05) is 0 Å². The van der Waals surface area contributed by atoms with E-state index in [0.717, 1.165) is 12.8 Å². The monoisotopic (exact) mass is 299 g/mol. The zero-order chi connectivity index (χ0) is 14.7. The van der Waals surface area contributed by atoms with Crippen molar-refractivity contribution >= 4 is 23.5 Å². The van der Waals surface area contributed by atoms with Gasteiger partial charge in [0.25, 0.3) is 5.91 Å². The molecular weight excluding hydrogens is 285 g/mol. The number of amides is 1. The minimum Gasteiger partial charge on any atom is -0.481 e. The van der Waals surface area contributed by atoms with E-state index in [2.05, 4.69) is 5.32 Å². The molecule has 0 heterocycles. The van der Waals surface area contributed by atoms with Crippen molar-refractivity contribution in [1.82, 2.24) is 5.32 Å². The van der Waals surface area contributed by atoms with E-state index in [1.165, 1.54) is 18.2 Å². The Labute approximate surface area is 120 Å². The number of carbonyl (C=O) groups excluding carboxylic acids is 1. The van der Waals surface area contributed by atoms with Crippen molar-refractivity contribution in [2.24, 2.45) is 5.92 Å². The van der Waals surface area contributed by atoms with Crippen LogP contribution in [0.4, 0.5) is 4.39 Å². The summed E-state index contributed by atoms with van der Waals surface area (Å²) in [5.41, 5.74) is -0.160. The third-order valence-corrected chi connectivity index (χ3v) is 3.89. The maximum Gasteiger partial charge on any atom is 0.308 e. The summed E-state index contributed by atoms with van der Waals surface area (Å²) in [5.74, 6) is -2.95. The SMILES string of the molecule is O=C(NC1CCCCC1C(=O)O)c1cccc(Cl)c1F. The zero-order valence-electron chi connectivity index (χ0n) is 10.7. The Morgan fingerprint density at radius 2 is 2.00 bits per heavy atom. The van der Waals surface area contributed by atoms with Gasteiger partial charge < -0.3 is 10.4 Å². The summed E-state index contributed by atoms with van der Waals surface area (Å²) < 4.78 is 13.8. The molecule has 1 amide bonds. The summed E-state index contributed by atoms with van der Waals surface area (Å²) in [5, 5.41) is 11.6. The number of hydrogen-bond donors (Lipinski definition) is 2. The van der Waals surface area contributed by atoms with Crippen LogP contribution in [0.25, 0.3) is 0 Å². The highest BCUT2D eigenvalue weighted by Crippen LogP contribution is 2.25. The van der Waals surface area contributed by atoms with Gasteiger partial charge in [0.15, 0.2) is 5.82 Å². The molecular formula is C14H15ClFNO3. The molecule has 2 N–H and O–H groups in total. The van der Waals surface area contributed by atoms with E-state index in [1.54, 1.807) is 0 Å². The maximum atomic E-state index is 13.8. The number of carbonyl (C=O) groups is 2. The summed E-state index contributed by atoms with van der Waals surface area (Å²) in [7, 11) is 0. The van der Waals surface area contributed by atoms with Gasteiger partial charge in [-0.15, -0.1) is 0 Å². The fraction of sp³-hybridized carbons (Fsp3) is 0.429. The van der Waals surface area contributed by atoms with Crippen molar-refractivity contribution in [2.45, 2.75) is 31.7 Å². The second-order valence-electron chi connectivity index (χ2n) is 4.91. The number of carboxylic acids is 1. The molecule has 1 aliphatic carbocycles. The molecule has 2 unspecified atom stereocenters. The average molecular weight is 300 g/mol. The van der Waals surface area contributed by atoms with Gasteiger partial charge in [-0.1, -0.05) is 30.5 Å². The maximum absolute atomic E-state index is 13.8. The largest absolute Gasteiger partial charge is 0.481 e. The summed E-state index contributed by atoms with van der Waals surface area (Å²) in [6.45, 7) is 0. The van der Waals surface area contributed by atoms with Crippen molar-refractivity contribution in [3.63, 3.8) is 0 Å². The molecule has 1 aromatic rings. The number of aliphatic carboxylic acids is 1. The smallest absolute Gasteiger partial charge is 0.308 e.